The number of anilines is 1. The quantitative estimate of drug-likeness (QED) is 0.741. The van der Waals surface area contributed by atoms with Gasteiger partial charge in [-0.15, -0.1) is 0 Å². The highest BCUT2D eigenvalue weighted by Crippen LogP contribution is 2.24. The molecule has 106 valence electrons. The molecule has 0 spiro atoms. The van der Waals surface area contributed by atoms with E-state index >= 15 is 0 Å². The summed E-state index contributed by atoms with van der Waals surface area (Å²) < 4.78 is 17.9. The van der Waals surface area contributed by atoms with Crippen molar-refractivity contribution in [3.05, 3.63) is 24.0 Å². The molecule has 0 aliphatic rings. The Morgan fingerprint density at radius 2 is 2.26 bits per heavy atom. The molecule has 0 heterocycles. The zero-order valence-electron chi connectivity index (χ0n) is 11.1. The number of benzene rings is 1. The number of ether oxygens (including phenoxy) is 1. The van der Waals surface area contributed by atoms with E-state index in [2.05, 4.69) is 10.6 Å². The predicted molar refractivity (Wildman–Crippen MR) is 70.9 cm³/mol. The molecule has 0 saturated heterocycles. The van der Waals surface area contributed by atoms with E-state index in [-0.39, 0.29) is 12.3 Å². The van der Waals surface area contributed by atoms with Crippen molar-refractivity contribution in [2.45, 2.75) is 25.9 Å². The maximum Gasteiger partial charge on any atom is 0.319 e. The molecule has 0 bridgehead atoms. The SMILES string of the molecule is CCCC(O)CNC(=O)Nc1ccc(F)cc1OC. The van der Waals surface area contributed by atoms with Crippen LogP contribution in [0.15, 0.2) is 18.2 Å². The Hall–Kier alpha value is -1.82. The summed E-state index contributed by atoms with van der Waals surface area (Å²) in [5, 5.41) is 14.6. The van der Waals surface area contributed by atoms with E-state index < -0.39 is 18.0 Å². The lowest BCUT2D eigenvalue weighted by atomic mass is 10.2. The molecule has 1 atom stereocenters. The van der Waals surface area contributed by atoms with Crippen LogP contribution < -0.4 is 15.4 Å². The van der Waals surface area contributed by atoms with Crippen molar-refractivity contribution in [2.75, 3.05) is 19.0 Å². The van der Waals surface area contributed by atoms with Crippen molar-refractivity contribution >= 4 is 11.7 Å². The van der Waals surface area contributed by atoms with Crippen LogP contribution in [0.2, 0.25) is 0 Å². The van der Waals surface area contributed by atoms with E-state index in [1.54, 1.807) is 0 Å². The average Bonchev–Trinajstić information content (AvgIpc) is 2.39. The van der Waals surface area contributed by atoms with Gasteiger partial charge in [0.05, 0.1) is 18.9 Å². The Kier molecular flexibility index (Phi) is 6.08. The van der Waals surface area contributed by atoms with Gasteiger partial charge in [-0.25, -0.2) is 9.18 Å². The van der Waals surface area contributed by atoms with E-state index in [0.717, 1.165) is 6.42 Å². The number of urea groups is 1. The fourth-order valence-corrected chi connectivity index (χ4v) is 1.58. The van der Waals surface area contributed by atoms with Crippen LogP contribution in [0.5, 0.6) is 5.75 Å². The van der Waals surface area contributed by atoms with Gasteiger partial charge in [0.15, 0.2) is 0 Å². The Labute approximate surface area is 111 Å². The molecule has 0 fully saturated rings. The standard InChI is InChI=1S/C13H19FN2O3/c1-3-4-10(17)8-15-13(18)16-11-6-5-9(14)7-12(11)19-2/h5-7,10,17H,3-4,8H2,1-2H3,(H2,15,16,18). The van der Waals surface area contributed by atoms with Crippen LogP contribution in [0.25, 0.3) is 0 Å². The van der Waals surface area contributed by atoms with Crippen molar-refractivity contribution in [3.8, 4) is 5.75 Å². The maximum absolute atomic E-state index is 13.0. The van der Waals surface area contributed by atoms with Gasteiger partial charge < -0.3 is 20.5 Å². The average molecular weight is 270 g/mol. The number of carbonyl (C=O) groups excluding carboxylic acids is 1. The third-order valence-corrected chi connectivity index (χ3v) is 2.53. The number of hydrogen-bond acceptors (Lipinski definition) is 3. The number of rotatable bonds is 6. The number of methoxy groups -OCH3 is 1. The third-order valence-electron chi connectivity index (χ3n) is 2.53. The summed E-state index contributed by atoms with van der Waals surface area (Å²) in [5.74, 6) is -0.203. The fourth-order valence-electron chi connectivity index (χ4n) is 1.58. The smallest absolute Gasteiger partial charge is 0.319 e. The minimum Gasteiger partial charge on any atom is -0.494 e. The summed E-state index contributed by atoms with van der Waals surface area (Å²) in [7, 11) is 1.39. The highest BCUT2D eigenvalue weighted by molar-refractivity contribution is 5.90. The van der Waals surface area contributed by atoms with Crippen LogP contribution in [0.3, 0.4) is 0 Å². The summed E-state index contributed by atoms with van der Waals surface area (Å²) in [6, 6.07) is 3.35. The third kappa shape index (κ3) is 5.13. The largest absolute Gasteiger partial charge is 0.494 e. The topological polar surface area (TPSA) is 70.6 Å². The second-order valence-corrected chi connectivity index (χ2v) is 4.12. The number of nitrogens with one attached hydrogen (secondary N) is 2. The molecule has 0 radical (unpaired) electrons. The molecule has 0 aromatic heterocycles. The Bertz CT molecular complexity index is 426. The zero-order chi connectivity index (χ0) is 14.3. The Morgan fingerprint density at radius 1 is 1.53 bits per heavy atom. The van der Waals surface area contributed by atoms with Gasteiger partial charge in [0.25, 0.3) is 0 Å². The van der Waals surface area contributed by atoms with Crippen molar-refractivity contribution in [1.82, 2.24) is 5.32 Å². The molecule has 0 aliphatic carbocycles. The second-order valence-electron chi connectivity index (χ2n) is 4.12. The van der Waals surface area contributed by atoms with Crippen LogP contribution in [-0.2, 0) is 0 Å². The first-order chi connectivity index (χ1) is 9.06. The van der Waals surface area contributed by atoms with E-state index in [0.29, 0.717) is 12.1 Å². The van der Waals surface area contributed by atoms with Gasteiger partial charge in [0.2, 0.25) is 0 Å². The molecule has 0 saturated carbocycles. The van der Waals surface area contributed by atoms with Gasteiger partial charge in [0, 0.05) is 12.6 Å². The predicted octanol–water partition coefficient (Wildman–Crippen LogP) is 2.12. The minimum absolute atomic E-state index is 0.170. The van der Waals surface area contributed by atoms with E-state index in [1.807, 2.05) is 6.92 Å². The van der Waals surface area contributed by atoms with Crippen molar-refractivity contribution < 1.29 is 19.0 Å². The lowest BCUT2D eigenvalue weighted by molar-refractivity contribution is 0.162. The van der Waals surface area contributed by atoms with Gasteiger partial charge >= 0.3 is 6.03 Å². The highest BCUT2D eigenvalue weighted by atomic mass is 19.1. The molecule has 1 aromatic rings. The molecule has 19 heavy (non-hydrogen) atoms. The lowest BCUT2D eigenvalue weighted by Crippen LogP contribution is -2.35. The lowest BCUT2D eigenvalue weighted by Gasteiger charge is -2.13. The monoisotopic (exact) mass is 270 g/mol. The Morgan fingerprint density at radius 3 is 2.89 bits per heavy atom. The molecule has 1 rings (SSSR count). The molecule has 2 amide bonds. The van der Waals surface area contributed by atoms with Gasteiger partial charge in [-0.2, -0.15) is 0 Å². The number of aliphatic hydroxyl groups is 1. The first-order valence-corrected chi connectivity index (χ1v) is 6.13. The van der Waals surface area contributed by atoms with E-state index in [4.69, 9.17) is 4.74 Å². The number of halogens is 1. The van der Waals surface area contributed by atoms with Crippen molar-refractivity contribution in [3.63, 3.8) is 0 Å². The molecular formula is C13H19FN2O3. The molecule has 1 aromatic carbocycles. The number of amides is 2. The van der Waals surface area contributed by atoms with Gasteiger partial charge in [-0.3, -0.25) is 0 Å². The van der Waals surface area contributed by atoms with Crippen LogP contribution in [0.4, 0.5) is 14.9 Å². The van der Waals surface area contributed by atoms with Gasteiger partial charge in [0.1, 0.15) is 11.6 Å². The van der Waals surface area contributed by atoms with Crippen LogP contribution in [-0.4, -0.2) is 30.9 Å². The van der Waals surface area contributed by atoms with Crippen LogP contribution in [0, 0.1) is 5.82 Å². The summed E-state index contributed by atoms with van der Waals surface area (Å²) in [6.07, 6.45) is 0.905. The molecule has 5 nitrogen and oxygen atoms in total. The van der Waals surface area contributed by atoms with Gasteiger partial charge in [-0.05, 0) is 18.6 Å². The first-order valence-electron chi connectivity index (χ1n) is 6.13. The number of aliphatic hydroxyl groups excluding tert-OH is 1. The molecular weight excluding hydrogens is 251 g/mol. The highest BCUT2D eigenvalue weighted by Gasteiger charge is 2.09. The molecule has 0 aliphatic heterocycles. The zero-order valence-corrected chi connectivity index (χ0v) is 11.1. The summed E-state index contributed by atoms with van der Waals surface area (Å²) in [4.78, 5) is 11.6. The molecule has 6 heteroatoms. The minimum atomic E-state index is -0.564. The van der Waals surface area contributed by atoms with E-state index in [1.165, 1.54) is 25.3 Å². The van der Waals surface area contributed by atoms with Crippen LogP contribution >= 0.6 is 0 Å². The van der Waals surface area contributed by atoms with Crippen molar-refractivity contribution in [1.29, 1.82) is 0 Å². The van der Waals surface area contributed by atoms with Crippen LogP contribution in [0.1, 0.15) is 19.8 Å². The van der Waals surface area contributed by atoms with Gasteiger partial charge in [-0.1, -0.05) is 13.3 Å². The summed E-state index contributed by atoms with van der Waals surface area (Å²) in [6.45, 7) is 2.12. The second kappa shape index (κ2) is 7.58. The Balaban J connectivity index is 2.52. The number of carbonyl (C=O) groups is 1. The van der Waals surface area contributed by atoms with E-state index in [9.17, 15) is 14.3 Å². The first kappa shape index (κ1) is 15.2. The van der Waals surface area contributed by atoms with Crippen molar-refractivity contribution in [2.24, 2.45) is 0 Å². The maximum atomic E-state index is 13.0. The summed E-state index contributed by atoms with van der Waals surface area (Å²) >= 11 is 0. The summed E-state index contributed by atoms with van der Waals surface area (Å²) in [5.41, 5.74) is 0.367. The fraction of sp³-hybridized carbons (Fsp3) is 0.462. The normalized spacial score (nSPS) is 11.8. The number of hydrogen-bond donors (Lipinski definition) is 3. The molecule has 1 unspecified atom stereocenters. The molecule has 3 N–H and O–H groups in total.